The number of rotatable bonds is 41. The monoisotopic (exact) mass is 649 g/mol. The Hall–Kier alpha value is -0.320. The van der Waals surface area contributed by atoms with Crippen molar-refractivity contribution in [3.63, 3.8) is 0 Å². The largest absolute Gasteiger partial charge is 0.379 e. The number of unbranched alkanes of at least 4 members (excludes halogenated alkanes) is 15. The Bertz CT molecular complexity index is 511. The summed E-state index contributed by atoms with van der Waals surface area (Å²) in [7, 11) is 0. The Morgan fingerprint density at radius 1 is 0.289 bits per heavy atom. The first-order chi connectivity index (χ1) is 22.3. The predicted molar refractivity (Wildman–Crippen MR) is 186 cm³/mol. The Morgan fingerprint density at radius 2 is 0.533 bits per heavy atom. The summed E-state index contributed by atoms with van der Waals surface area (Å²) in [6, 6.07) is 0. The van der Waals surface area contributed by atoms with Gasteiger partial charge in [0, 0.05) is 13.2 Å². The molecule has 272 valence electrons. The lowest BCUT2D eigenvalue weighted by atomic mass is 10.0. The first-order valence-electron chi connectivity index (χ1n) is 18.9. The van der Waals surface area contributed by atoms with Crippen molar-refractivity contribution in [2.75, 3.05) is 106 Å². The first-order valence-corrected chi connectivity index (χ1v) is 18.9. The van der Waals surface area contributed by atoms with Crippen LogP contribution in [0.2, 0.25) is 0 Å². The van der Waals surface area contributed by atoms with E-state index in [1.807, 2.05) is 0 Å². The molecule has 0 aliphatic carbocycles. The maximum Gasteiger partial charge on any atom is 0.0701 e. The average molecular weight is 649 g/mol. The zero-order chi connectivity index (χ0) is 32.6. The molecule has 8 heteroatoms. The number of ether oxygens (including phenoxy) is 8. The summed E-state index contributed by atoms with van der Waals surface area (Å²) < 4.78 is 44.3. The summed E-state index contributed by atoms with van der Waals surface area (Å²) in [5.41, 5.74) is 0. The third-order valence-electron chi connectivity index (χ3n) is 7.85. The van der Waals surface area contributed by atoms with Crippen molar-refractivity contribution in [3.05, 3.63) is 0 Å². The second kappa shape index (κ2) is 41.7. The van der Waals surface area contributed by atoms with E-state index >= 15 is 0 Å². The molecule has 0 saturated heterocycles. The maximum absolute atomic E-state index is 5.69. The second-order valence-corrected chi connectivity index (χ2v) is 12.2. The van der Waals surface area contributed by atoms with Crippen LogP contribution in [0.5, 0.6) is 0 Å². The highest BCUT2D eigenvalue weighted by atomic mass is 16.6. The second-order valence-electron chi connectivity index (χ2n) is 12.2. The summed E-state index contributed by atoms with van der Waals surface area (Å²) in [5.74, 6) is 0.608. The van der Waals surface area contributed by atoms with Crippen molar-refractivity contribution in [1.82, 2.24) is 0 Å². The average Bonchev–Trinajstić information content (AvgIpc) is 3.05. The maximum atomic E-state index is 5.69. The van der Waals surface area contributed by atoms with Gasteiger partial charge in [0.25, 0.3) is 0 Å². The molecule has 0 aliphatic rings. The topological polar surface area (TPSA) is 73.8 Å². The molecule has 1 unspecified atom stereocenters. The molecular formula is C37H76O8. The molecule has 45 heavy (non-hydrogen) atoms. The van der Waals surface area contributed by atoms with Crippen molar-refractivity contribution < 1.29 is 37.9 Å². The van der Waals surface area contributed by atoms with Crippen LogP contribution in [0.3, 0.4) is 0 Å². The Balaban J connectivity index is 3.04. The van der Waals surface area contributed by atoms with E-state index in [4.69, 9.17) is 37.9 Å². The van der Waals surface area contributed by atoms with Crippen LogP contribution < -0.4 is 0 Å². The van der Waals surface area contributed by atoms with Crippen LogP contribution in [0.1, 0.15) is 130 Å². The Kier molecular flexibility index (Phi) is 41.4. The Morgan fingerprint density at radius 3 is 0.822 bits per heavy atom. The lowest BCUT2D eigenvalue weighted by molar-refractivity contribution is -0.0238. The molecule has 0 bridgehead atoms. The fourth-order valence-corrected chi connectivity index (χ4v) is 4.69. The van der Waals surface area contributed by atoms with Crippen LogP contribution >= 0.6 is 0 Å². The van der Waals surface area contributed by atoms with Crippen molar-refractivity contribution in [2.24, 2.45) is 5.92 Å². The van der Waals surface area contributed by atoms with Crippen molar-refractivity contribution in [1.29, 1.82) is 0 Å². The minimum atomic E-state index is 0.552. The molecule has 0 heterocycles. The van der Waals surface area contributed by atoms with Crippen molar-refractivity contribution in [3.8, 4) is 0 Å². The summed E-state index contributed by atoms with van der Waals surface area (Å²) in [6.45, 7) is 16.5. The highest BCUT2D eigenvalue weighted by Gasteiger charge is 1.99. The van der Waals surface area contributed by atoms with Crippen LogP contribution in [-0.2, 0) is 37.9 Å². The molecule has 0 saturated carbocycles. The van der Waals surface area contributed by atoms with E-state index in [1.165, 1.54) is 96.3 Å². The van der Waals surface area contributed by atoms with Crippen LogP contribution in [0.25, 0.3) is 0 Å². The molecule has 0 spiro atoms. The molecule has 0 rings (SSSR count). The molecule has 0 N–H and O–H groups in total. The van der Waals surface area contributed by atoms with Gasteiger partial charge in [0.15, 0.2) is 0 Å². The molecule has 0 aromatic rings. The van der Waals surface area contributed by atoms with Gasteiger partial charge >= 0.3 is 0 Å². The van der Waals surface area contributed by atoms with Gasteiger partial charge in [-0.2, -0.15) is 0 Å². The smallest absolute Gasteiger partial charge is 0.0701 e. The van der Waals surface area contributed by atoms with Crippen LogP contribution in [0.4, 0.5) is 0 Å². The SMILES string of the molecule is CCCCCCCCCCCCCCCCCCOCCOCCOCCOCCOCCOCCOCCOCC(C)CC. The van der Waals surface area contributed by atoms with E-state index in [1.54, 1.807) is 0 Å². The first kappa shape index (κ1) is 44.7. The molecule has 0 fully saturated rings. The summed E-state index contributed by atoms with van der Waals surface area (Å²) in [6.07, 6.45) is 23.4. The molecule has 0 aromatic carbocycles. The van der Waals surface area contributed by atoms with Gasteiger partial charge in [-0.1, -0.05) is 124 Å². The van der Waals surface area contributed by atoms with Crippen LogP contribution in [-0.4, -0.2) is 106 Å². The molecule has 0 aromatic heterocycles. The molecule has 0 radical (unpaired) electrons. The van der Waals surface area contributed by atoms with Crippen molar-refractivity contribution >= 4 is 0 Å². The van der Waals surface area contributed by atoms with E-state index < -0.39 is 0 Å². The van der Waals surface area contributed by atoms with Gasteiger partial charge in [-0.25, -0.2) is 0 Å². The van der Waals surface area contributed by atoms with Gasteiger partial charge in [0.2, 0.25) is 0 Å². The number of hydrogen-bond donors (Lipinski definition) is 0. The summed E-state index contributed by atoms with van der Waals surface area (Å²) in [5, 5.41) is 0. The molecule has 1 atom stereocenters. The Labute approximate surface area is 279 Å². The number of hydrogen-bond acceptors (Lipinski definition) is 8. The van der Waals surface area contributed by atoms with E-state index in [0.29, 0.717) is 98.4 Å². The van der Waals surface area contributed by atoms with Gasteiger partial charge in [0.1, 0.15) is 0 Å². The quantitative estimate of drug-likeness (QED) is 0.0612. The third kappa shape index (κ3) is 41.7. The minimum absolute atomic E-state index is 0.552. The fraction of sp³-hybridized carbons (Fsp3) is 1.00. The molecule has 0 amide bonds. The molecule has 0 aliphatic heterocycles. The van der Waals surface area contributed by atoms with E-state index in [2.05, 4.69) is 20.8 Å². The zero-order valence-corrected chi connectivity index (χ0v) is 30.2. The predicted octanol–water partition coefficient (Wildman–Crippen LogP) is 8.43. The summed E-state index contributed by atoms with van der Waals surface area (Å²) in [4.78, 5) is 0. The van der Waals surface area contributed by atoms with Crippen molar-refractivity contribution in [2.45, 2.75) is 130 Å². The normalized spacial score (nSPS) is 12.3. The van der Waals surface area contributed by atoms with Gasteiger partial charge in [-0.05, 0) is 12.3 Å². The van der Waals surface area contributed by atoms with Crippen LogP contribution in [0.15, 0.2) is 0 Å². The van der Waals surface area contributed by atoms with E-state index in [-0.39, 0.29) is 0 Å². The highest BCUT2D eigenvalue weighted by Crippen LogP contribution is 2.13. The zero-order valence-electron chi connectivity index (χ0n) is 30.2. The van der Waals surface area contributed by atoms with E-state index in [9.17, 15) is 0 Å². The van der Waals surface area contributed by atoms with Gasteiger partial charge in [0.05, 0.1) is 92.5 Å². The third-order valence-corrected chi connectivity index (χ3v) is 7.85. The molecular weight excluding hydrogens is 572 g/mol. The van der Waals surface area contributed by atoms with Gasteiger partial charge in [-0.3, -0.25) is 0 Å². The minimum Gasteiger partial charge on any atom is -0.379 e. The fourth-order valence-electron chi connectivity index (χ4n) is 4.69. The molecule has 8 nitrogen and oxygen atoms in total. The lowest BCUT2D eigenvalue weighted by Gasteiger charge is -2.10. The van der Waals surface area contributed by atoms with Gasteiger partial charge < -0.3 is 37.9 Å². The van der Waals surface area contributed by atoms with Gasteiger partial charge in [-0.15, -0.1) is 0 Å². The lowest BCUT2D eigenvalue weighted by Crippen LogP contribution is -2.15. The highest BCUT2D eigenvalue weighted by molar-refractivity contribution is 4.50. The van der Waals surface area contributed by atoms with Crippen LogP contribution in [0, 0.1) is 5.92 Å². The standard InChI is InChI=1S/C37H76O8/c1-4-6-7-8-9-10-11-12-13-14-15-16-17-18-19-20-21-38-22-23-39-24-25-40-26-27-41-28-29-42-30-31-43-32-33-44-34-35-45-36-37(3)5-2/h37H,4-36H2,1-3H3. The van der Waals surface area contributed by atoms with E-state index in [0.717, 1.165) is 26.1 Å². The summed E-state index contributed by atoms with van der Waals surface area (Å²) >= 11 is 0.